The number of alkyl carbamates (subject to hydrolysis) is 1. The van der Waals surface area contributed by atoms with E-state index in [-0.39, 0.29) is 0 Å². The zero-order chi connectivity index (χ0) is 20.2. The normalized spacial score (nSPS) is 18.8. The Balaban J connectivity index is 1.34. The van der Waals surface area contributed by atoms with Crippen molar-refractivity contribution >= 4 is 6.09 Å². The Morgan fingerprint density at radius 3 is 2.66 bits per heavy atom. The minimum Gasteiger partial charge on any atom is -0.493 e. The molecule has 2 aromatic rings. The van der Waals surface area contributed by atoms with Gasteiger partial charge in [0.2, 0.25) is 0 Å². The molecule has 4 rings (SSSR count). The summed E-state index contributed by atoms with van der Waals surface area (Å²) >= 11 is 0. The van der Waals surface area contributed by atoms with Crippen LogP contribution >= 0.6 is 0 Å². The Bertz CT molecular complexity index is 848. The number of carbonyl (C=O) groups excluding carboxylic acids is 1. The molecule has 1 heterocycles. The molecule has 1 amide bonds. The monoisotopic (exact) mass is 396 g/mol. The van der Waals surface area contributed by atoms with Crippen molar-refractivity contribution in [2.75, 3.05) is 20.3 Å². The number of methoxy groups -OCH3 is 1. The number of nitrogens with zero attached hydrogens (tertiary/aromatic N) is 1. The van der Waals surface area contributed by atoms with Crippen molar-refractivity contribution in [2.45, 2.75) is 38.6 Å². The highest BCUT2D eigenvalue weighted by Gasteiger charge is 2.25. The highest BCUT2D eigenvalue weighted by molar-refractivity contribution is 5.66. The SMILES string of the molecule is COC(=O)NCc1ccc(CN2Cc3ccc(OCC4CC4)cc3C(O)C2)cc1. The number of carbonyl (C=O) groups is 1. The lowest BCUT2D eigenvalue weighted by Crippen LogP contribution is -2.33. The number of amides is 1. The number of aliphatic hydroxyl groups is 1. The summed E-state index contributed by atoms with van der Waals surface area (Å²) in [5, 5.41) is 13.3. The van der Waals surface area contributed by atoms with Gasteiger partial charge in [-0.3, -0.25) is 4.90 Å². The van der Waals surface area contributed by atoms with Crippen molar-refractivity contribution in [1.82, 2.24) is 10.2 Å². The van der Waals surface area contributed by atoms with Crippen LogP contribution in [0.25, 0.3) is 0 Å². The molecular weight excluding hydrogens is 368 g/mol. The molecule has 1 aliphatic heterocycles. The lowest BCUT2D eigenvalue weighted by Gasteiger charge is -2.32. The fraction of sp³-hybridized carbons (Fsp3) is 0.435. The molecule has 1 aliphatic carbocycles. The van der Waals surface area contributed by atoms with Crippen molar-refractivity contribution in [3.63, 3.8) is 0 Å². The molecule has 0 bridgehead atoms. The van der Waals surface area contributed by atoms with Gasteiger partial charge in [0, 0.05) is 26.2 Å². The van der Waals surface area contributed by atoms with Gasteiger partial charge in [0.25, 0.3) is 0 Å². The van der Waals surface area contributed by atoms with E-state index in [1.165, 1.54) is 25.5 Å². The van der Waals surface area contributed by atoms with Crippen LogP contribution in [-0.4, -0.2) is 36.4 Å². The average Bonchev–Trinajstić information content (AvgIpc) is 3.56. The van der Waals surface area contributed by atoms with Crippen LogP contribution in [0.4, 0.5) is 4.79 Å². The Morgan fingerprint density at radius 2 is 1.93 bits per heavy atom. The third-order valence-electron chi connectivity index (χ3n) is 5.54. The molecule has 0 aromatic heterocycles. The van der Waals surface area contributed by atoms with Gasteiger partial charge in [-0.15, -0.1) is 0 Å². The standard InChI is InChI=1S/C23H28N2O4/c1-28-23(27)24-11-16-2-4-17(5-3-16)12-25-13-19-8-9-20(29-15-18-6-7-18)10-21(19)22(26)14-25/h2-5,8-10,18,22,26H,6-7,11-15H2,1H3,(H,24,27). The van der Waals surface area contributed by atoms with E-state index in [1.54, 1.807) is 0 Å². The zero-order valence-corrected chi connectivity index (χ0v) is 16.8. The van der Waals surface area contributed by atoms with Crippen molar-refractivity contribution in [3.05, 3.63) is 64.7 Å². The molecule has 1 atom stereocenters. The van der Waals surface area contributed by atoms with Crippen LogP contribution < -0.4 is 10.1 Å². The first-order valence-corrected chi connectivity index (χ1v) is 10.2. The van der Waals surface area contributed by atoms with Crippen molar-refractivity contribution in [1.29, 1.82) is 0 Å². The first-order valence-electron chi connectivity index (χ1n) is 10.2. The number of fused-ring (bicyclic) bond motifs is 1. The summed E-state index contributed by atoms with van der Waals surface area (Å²) in [7, 11) is 1.35. The number of β-amino-alcohol motifs (C(OH)–C–C–N with tert-alkyl or cyclic N) is 1. The number of hydrogen-bond donors (Lipinski definition) is 2. The van der Waals surface area contributed by atoms with Crippen LogP contribution in [0.15, 0.2) is 42.5 Å². The molecule has 0 saturated heterocycles. The molecule has 2 N–H and O–H groups in total. The third-order valence-corrected chi connectivity index (χ3v) is 5.54. The molecule has 6 nitrogen and oxygen atoms in total. The number of hydrogen-bond acceptors (Lipinski definition) is 5. The second kappa shape index (κ2) is 8.84. The molecule has 29 heavy (non-hydrogen) atoms. The van der Waals surface area contributed by atoms with Crippen LogP contribution in [0.3, 0.4) is 0 Å². The van der Waals surface area contributed by atoms with Crippen LogP contribution in [0.2, 0.25) is 0 Å². The zero-order valence-electron chi connectivity index (χ0n) is 16.8. The average molecular weight is 396 g/mol. The van der Waals surface area contributed by atoms with E-state index in [4.69, 9.17) is 4.74 Å². The summed E-state index contributed by atoms with van der Waals surface area (Å²) in [6, 6.07) is 14.2. The molecule has 0 radical (unpaired) electrons. The fourth-order valence-electron chi connectivity index (χ4n) is 3.65. The number of aliphatic hydroxyl groups excluding tert-OH is 1. The maximum absolute atomic E-state index is 11.2. The lowest BCUT2D eigenvalue weighted by atomic mass is 9.96. The van der Waals surface area contributed by atoms with Gasteiger partial charge < -0.3 is 19.9 Å². The van der Waals surface area contributed by atoms with Gasteiger partial charge >= 0.3 is 6.09 Å². The summed E-state index contributed by atoms with van der Waals surface area (Å²) in [6.07, 6.45) is 1.60. The quantitative estimate of drug-likeness (QED) is 0.751. The number of ether oxygens (including phenoxy) is 2. The maximum Gasteiger partial charge on any atom is 0.407 e. The van der Waals surface area contributed by atoms with E-state index in [0.717, 1.165) is 42.1 Å². The van der Waals surface area contributed by atoms with Crippen molar-refractivity contribution in [2.24, 2.45) is 5.92 Å². The van der Waals surface area contributed by atoms with Gasteiger partial charge in [0.05, 0.1) is 19.8 Å². The Labute approximate surface area is 171 Å². The van der Waals surface area contributed by atoms with E-state index in [0.29, 0.717) is 19.0 Å². The highest BCUT2D eigenvalue weighted by Crippen LogP contribution is 2.33. The molecule has 2 aromatic carbocycles. The van der Waals surface area contributed by atoms with Crippen LogP contribution in [0.1, 0.15) is 41.2 Å². The lowest BCUT2D eigenvalue weighted by molar-refractivity contribution is 0.0878. The smallest absolute Gasteiger partial charge is 0.407 e. The summed E-state index contributed by atoms with van der Waals surface area (Å²) in [4.78, 5) is 13.4. The second-order valence-corrected chi connectivity index (χ2v) is 7.96. The van der Waals surface area contributed by atoms with Gasteiger partial charge in [-0.05, 0) is 53.1 Å². The molecule has 1 fully saturated rings. The highest BCUT2D eigenvalue weighted by atomic mass is 16.5. The van der Waals surface area contributed by atoms with Crippen molar-refractivity contribution in [3.8, 4) is 5.75 Å². The minimum absolute atomic E-state index is 0.434. The van der Waals surface area contributed by atoms with Gasteiger partial charge in [-0.2, -0.15) is 0 Å². The van der Waals surface area contributed by atoms with E-state index in [2.05, 4.69) is 33.2 Å². The third kappa shape index (κ3) is 5.28. The van der Waals surface area contributed by atoms with E-state index < -0.39 is 12.2 Å². The molecule has 2 aliphatic rings. The molecule has 154 valence electrons. The molecule has 0 spiro atoms. The van der Waals surface area contributed by atoms with Crippen LogP contribution in [0.5, 0.6) is 5.75 Å². The first-order chi connectivity index (χ1) is 14.1. The Morgan fingerprint density at radius 1 is 1.17 bits per heavy atom. The van der Waals surface area contributed by atoms with Crippen LogP contribution in [0, 0.1) is 5.92 Å². The molecule has 6 heteroatoms. The predicted molar refractivity (Wildman–Crippen MR) is 109 cm³/mol. The minimum atomic E-state index is -0.508. The first kappa shape index (κ1) is 19.7. The summed E-state index contributed by atoms with van der Waals surface area (Å²) in [6.45, 7) is 3.40. The number of benzene rings is 2. The predicted octanol–water partition coefficient (Wildman–Crippen LogP) is 3.38. The van der Waals surface area contributed by atoms with Crippen molar-refractivity contribution < 1.29 is 19.4 Å². The van der Waals surface area contributed by atoms with Gasteiger partial charge in [-0.1, -0.05) is 30.3 Å². The Hall–Kier alpha value is -2.57. The summed E-state index contributed by atoms with van der Waals surface area (Å²) < 4.78 is 10.4. The second-order valence-electron chi connectivity index (χ2n) is 7.96. The fourth-order valence-corrected chi connectivity index (χ4v) is 3.65. The largest absolute Gasteiger partial charge is 0.493 e. The van der Waals surface area contributed by atoms with Gasteiger partial charge in [0.15, 0.2) is 0 Å². The van der Waals surface area contributed by atoms with E-state index in [9.17, 15) is 9.90 Å². The Kier molecular flexibility index (Phi) is 6.02. The van der Waals surface area contributed by atoms with E-state index >= 15 is 0 Å². The molecular formula is C23H28N2O4. The summed E-state index contributed by atoms with van der Waals surface area (Å²) in [5.74, 6) is 1.58. The van der Waals surface area contributed by atoms with Crippen LogP contribution in [-0.2, 0) is 24.4 Å². The number of nitrogens with one attached hydrogen (secondary N) is 1. The van der Waals surface area contributed by atoms with Gasteiger partial charge in [0.1, 0.15) is 5.75 Å². The number of rotatable bonds is 7. The molecule has 1 unspecified atom stereocenters. The van der Waals surface area contributed by atoms with Gasteiger partial charge in [-0.25, -0.2) is 4.79 Å². The molecule has 1 saturated carbocycles. The summed E-state index contributed by atoms with van der Waals surface area (Å²) in [5.41, 5.74) is 4.33. The topological polar surface area (TPSA) is 71.0 Å². The maximum atomic E-state index is 11.2. The van der Waals surface area contributed by atoms with E-state index in [1.807, 2.05) is 24.3 Å².